The van der Waals surface area contributed by atoms with Gasteiger partial charge in [-0.05, 0) is 39.7 Å². The number of nitrogens with one attached hydrogen (secondary N) is 2. The van der Waals surface area contributed by atoms with Gasteiger partial charge in [0.1, 0.15) is 17.2 Å². The van der Waals surface area contributed by atoms with Crippen LogP contribution in [0, 0.1) is 0 Å². The molecule has 0 aliphatic rings. The molecule has 1 aromatic carbocycles. The average molecular weight is 410 g/mol. The molecule has 4 rings (SSSR count). The summed E-state index contributed by atoms with van der Waals surface area (Å²) in [5.74, 6) is 1.34. The number of fused-ring (bicyclic) bond motifs is 1. The second-order valence-electron chi connectivity index (χ2n) is 5.97. The third kappa shape index (κ3) is 3.15. The van der Waals surface area contributed by atoms with Gasteiger partial charge in [0, 0.05) is 23.0 Å². The number of furan rings is 1. The second-order valence-corrected chi connectivity index (χ2v) is 6.88. The van der Waals surface area contributed by atoms with Gasteiger partial charge in [-0.3, -0.25) is 4.79 Å². The molecule has 0 spiro atoms. The summed E-state index contributed by atoms with van der Waals surface area (Å²) in [6.07, 6.45) is 1.77. The first-order chi connectivity index (χ1) is 12.6. The van der Waals surface area contributed by atoms with Gasteiger partial charge in [0.2, 0.25) is 5.91 Å². The SMILES string of the molecule is CC(=O)NCc1ccc(-c2c(-c3ccccc3)[nH]c3ncc(Br)cc23)o1. The smallest absolute Gasteiger partial charge is 0.217 e. The van der Waals surface area contributed by atoms with Crippen molar-refractivity contribution in [3.05, 3.63) is 65.0 Å². The molecule has 0 aliphatic carbocycles. The Kier molecular flexibility index (Phi) is 4.34. The summed E-state index contributed by atoms with van der Waals surface area (Å²) in [5.41, 5.74) is 3.75. The minimum absolute atomic E-state index is 0.0897. The quantitative estimate of drug-likeness (QED) is 0.503. The lowest BCUT2D eigenvalue weighted by molar-refractivity contribution is -0.119. The topological polar surface area (TPSA) is 70.9 Å². The molecule has 3 heterocycles. The van der Waals surface area contributed by atoms with E-state index in [0.717, 1.165) is 38.1 Å². The van der Waals surface area contributed by atoms with Crippen molar-refractivity contribution < 1.29 is 9.21 Å². The number of halogens is 1. The largest absolute Gasteiger partial charge is 0.459 e. The summed E-state index contributed by atoms with van der Waals surface area (Å²) >= 11 is 3.50. The number of nitrogens with zero attached hydrogens (tertiary/aromatic N) is 1. The Balaban J connectivity index is 1.87. The Morgan fingerprint density at radius 3 is 2.81 bits per heavy atom. The molecule has 0 unspecified atom stereocenters. The first-order valence-corrected chi connectivity index (χ1v) is 8.97. The number of aromatic amines is 1. The second kappa shape index (κ2) is 6.80. The summed E-state index contributed by atoms with van der Waals surface area (Å²) in [4.78, 5) is 19.0. The fraction of sp³-hybridized carbons (Fsp3) is 0.100. The Bertz CT molecular complexity index is 1080. The van der Waals surface area contributed by atoms with Crippen molar-refractivity contribution in [1.82, 2.24) is 15.3 Å². The molecule has 0 radical (unpaired) electrons. The van der Waals surface area contributed by atoms with E-state index in [9.17, 15) is 4.79 Å². The molecule has 3 aromatic heterocycles. The molecule has 4 aromatic rings. The minimum atomic E-state index is -0.0897. The molecule has 1 amide bonds. The molecule has 0 bridgehead atoms. The molecule has 0 atom stereocenters. The Morgan fingerprint density at radius 1 is 1.23 bits per heavy atom. The monoisotopic (exact) mass is 409 g/mol. The van der Waals surface area contributed by atoms with Crippen molar-refractivity contribution in [3.63, 3.8) is 0 Å². The Labute approximate surface area is 158 Å². The van der Waals surface area contributed by atoms with E-state index in [2.05, 4.69) is 31.2 Å². The zero-order valence-corrected chi connectivity index (χ0v) is 15.6. The van der Waals surface area contributed by atoms with Gasteiger partial charge in [-0.2, -0.15) is 0 Å². The number of H-pyrrole nitrogens is 1. The van der Waals surface area contributed by atoms with Crippen LogP contribution < -0.4 is 5.32 Å². The van der Waals surface area contributed by atoms with Crippen LogP contribution in [0.2, 0.25) is 0 Å². The van der Waals surface area contributed by atoms with E-state index >= 15 is 0 Å². The predicted molar refractivity (Wildman–Crippen MR) is 104 cm³/mol. The maximum Gasteiger partial charge on any atom is 0.217 e. The van der Waals surface area contributed by atoms with Crippen LogP contribution in [0.3, 0.4) is 0 Å². The van der Waals surface area contributed by atoms with E-state index in [1.165, 1.54) is 6.92 Å². The number of carbonyl (C=O) groups excluding carboxylic acids is 1. The van der Waals surface area contributed by atoms with Gasteiger partial charge >= 0.3 is 0 Å². The molecule has 0 aliphatic heterocycles. The Hall–Kier alpha value is -2.86. The molecule has 130 valence electrons. The van der Waals surface area contributed by atoms with Crippen molar-refractivity contribution in [2.75, 3.05) is 0 Å². The van der Waals surface area contributed by atoms with Crippen LogP contribution in [0.5, 0.6) is 0 Å². The van der Waals surface area contributed by atoms with E-state index in [0.29, 0.717) is 12.3 Å². The van der Waals surface area contributed by atoms with Crippen molar-refractivity contribution in [2.24, 2.45) is 0 Å². The maximum absolute atomic E-state index is 11.1. The molecular formula is C20H16BrN3O2. The van der Waals surface area contributed by atoms with Crippen molar-refractivity contribution >= 4 is 32.9 Å². The van der Waals surface area contributed by atoms with Gasteiger partial charge in [0.05, 0.1) is 17.8 Å². The van der Waals surface area contributed by atoms with E-state index in [-0.39, 0.29) is 5.91 Å². The van der Waals surface area contributed by atoms with E-state index < -0.39 is 0 Å². The molecule has 6 heteroatoms. The van der Waals surface area contributed by atoms with Crippen LogP contribution in [0.1, 0.15) is 12.7 Å². The van der Waals surface area contributed by atoms with E-state index in [4.69, 9.17) is 4.42 Å². The number of rotatable bonds is 4. The van der Waals surface area contributed by atoms with Crippen LogP contribution in [-0.2, 0) is 11.3 Å². The summed E-state index contributed by atoms with van der Waals surface area (Å²) in [6.45, 7) is 1.85. The maximum atomic E-state index is 11.1. The highest BCUT2D eigenvalue weighted by atomic mass is 79.9. The van der Waals surface area contributed by atoms with Gasteiger partial charge in [0.15, 0.2) is 0 Å². The lowest BCUT2D eigenvalue weighted by Crippen LogP contribution is -2.18. The summed E-state index contributed by atoms with van der Waals surface area (Å²) in [5, 5.41) is 3.72. The number of carbonyl (C=O) groups is 1. The molecule has 2 N–H and O–H groups in total. The number of aromatic nitrogens is 2. The van der Waals surface area contributed by atoms with Gasteiger partial charge in [-0.25, -0.2) is 4.98 Å². The van der Waals surface area contributed by atoms with Crippen LogP contribution in [0.25, 0.3) is 33.6 Å². The third-order valence-electron chi connectivity index (χ3n) is 4.10. The van der Waals surface area contributed by atoms with Crippen molar-refractivity contribution in [2.45, 2.75) is 13.5 Å². The minimum Gasteiger partial charge on any atom is -0.459 e. The first kappa shape index (κ1) is 16.6. The molecule has 26 heavy (non-hydrogen) atoms. The molecular weight excluding hydrogens is 394 g/mol. The lowest BCUT2D eigenvalue weighted by Gasteiger charge is -2.03. The number of pyridine rings is 1. The third-order valence-corrected chi connectivity index (χ3v) is 4.53. The standard InChI is InChI=1S/C20H16BrN3O2/c1-12(25)22-11-15-7-8-17(26-15)18-16-9-14(21)10-23-20(16)24-19(18)13-5-3-2-4-6-13/h2-10H,11H2,1H3,(H,22,25)(H,23,24). The highest BCUT2D eigenvalue weighted by Gasteiger charge is 2.19. The predicted octanol–water partition coefficient (Wildman–Crippen LogP) is 4.89. The van der Waals surface area contributed by atoms with Crippen LogP contribution in [0.15, 0.2) is 63.6 Å². The Morgan fingerprint density at radius 2 is 2.04 bits per heavy atom. The number of hydrogen-bond acceptors (Lipinski definition) is 3. The zero-order valence-electron chi connectivity index (χ0n) is 14.0. The number of hydrogen-bond donors (Lipinski definition) is 2. The molecule has 0 saturated heterocycles. The summed E-state index contributed by atoms with van der Waals surface area (Å²) in [6, 6.07) is 15.9. The first-order valence-electron chi connectivity index (χ1n) is 8.18. The van der Waals surface area contributed by atoms with E-state index in [1.807, 2.05) is 48.5 Å². The highest BCUT2D eigenvalue weighted by molar-refractivity contribution is 9.10. The zero-order chi connectivity index (χ0) is 18.1. The van der Waals surface area contributed by atoms with Crippen LogP contribution in [0.4, 0.5) is 0 Å². The summed E-state index contributed by atoms with van der Waals surface area (Å²) < 4.78 is 6.91. The van der Waals surface area contributed by atoms with Gasteiger partial charge < -0.3 is 14.7 Å². The van der Waals surface area contributed by atoms with Gasteiger partial charge in [-0.15, -0.1) is 0 Å². The van der Waals surface area contributed by atoms with E-state index in [1.54, 1.807) is 6.20 Å². The van der Waals surface area contributed by atoms with Gasteiger partial charge in [0.25, 0.3) is 0 Å². The number of amides is 1. The van der Waals surface area contributed by atoms with Crippen LogP contribution >= 0.6 is 15.9 Å². The normalized spacial score (nSPS) is 11.0. The van der Waals surface area contributed by atoms with Crippen LogP contribution in [-0.4, -0.2) is 15.9 Å². The summed E-state index contributed by atoms with van der Waals surface area (Å²) in [7, 11) is 0. The number of benzene rings is 1. The molecule has 5 nitrogen and oxygen atoms in total. The fourth-order valence-corrected chi connectivity index (χ4v) is 3.27. The van der Waals surface area contributed by atoms with Gasteiger partial charge in [-0.1, -0.05) is 30.3 Å². The molecule has 0 saturated carbocycles. The van der Waals surface area contributed by atoms with Crippen molar-refractivity contribution in [3.8, 4) is 22.6 Å². The molecule has 0 fully saturated rings. The highest BCUT2D eigenvalue weighted by Crippen LogP contribution is 2.39. The fourth-order valence-electron chi connectivity index (χ4n) is 2.94. The average Bonchev–Trinajstić information content (AvgIpc) is 3.24. The lowest BCUT2D eigenvalue weighted by atomic mass is 10.0. The van der Waals surface area contributed by atoms with Crippen molar-refractivity contribution in [1.29, 1.82) is 0 Å².